The third-order valence-electron chi connectivity index (χ3n) is 12.2. The number of hydrogen-bond donors (Lipinski definition) is 1. The van der Waals surface area contributed by atoms with Gasteiger partial charge in [-0.2, -0.15) is 18.4 Å². The summed E-state index contributed by atoms with van der Waals surface area (Å²) in [6.07, 6.45) is -0.0465. The van der Waals surface area contributed by atoms with Gasteiger partial charge in [0.15, 0.2) is 0 Å². The molecule has 1 N–H and O–H groups in total. The Morgan fingerprint density at radius 2 is 1.31 bits per heavy atom. The second kappa shape index (κ2) is 14.6. The van der Waals surface area contributed by atoms with Gasteiger partial charge >= 0.3 is 6.18 Å². The third kappa shape index (κ3) is 7.11. The maximum absolute atomic E-state index is 13.5. The van der Waals surface area contributed by atoms with E-state index < -0.39 is 23.7 Å². The van der Waals surface area contributed by atoms with Crippen molar-refractivity contribution in [1.82, 2.24) is 15.1 Å². The van der Waals surface area contributed by atoms with Gasteiger partial charge in [0, 0.05) is 94.0 Å². The van der Waals surface area contributed by atoms with Crippen LogP contribution in [-0.4, -0.2) is 92.0 Å². The van der Waals surface area contributed by atoms with Crippen molar-refractivity contribution in [1.29, 1.82) is 5.26 Å². The number of rotatable bonds is 6. The number of nitriles is 1. The summed E-state index contributed by atoms with van der Waals surface area (Å²) in [4.78, 5) is 48.2. The second-order valence-corrected chi connectivity index (χ2v) is 15.2. The maximum Gasteiger partial charge on any atom is 0.417 e. The van der Waals surface area contributed by atoms with Crippen molar-refractivity contribution >= 4 is 34.8 Å². The topological polar surface area (TPSA) is 103 Å². The summed E-state index contributed by atoms with van der Waals surface area (Å²) < 4.78 is 40.5. The number of benzene rings is 3. The average Bonchev–Trinajstić information content (AvgIpc) is 3.52. The molecule has 4 fully saturated rings. The molecule has 54 heavy (non-hydrogen) atoms. The lowest BCUT2D eigenvalue weighted by atomic mass is 9.89. The molecule has 3 amide bonds. The fourth-order valence-corrected chi connectivity index (χ4v) is 9.08. The lowest BCUT2D eigenvalue weighted by Gasteiger charge is -2.44. The number of anilines is 3. The molecule has 10 nitrogen and oxygen atoms in total. The zero-order valence-electron chi connectivity index (χ0n) is 30.2. The van der Waals surface area contributed by atoms with Gasteiger partial charge in [-0.15, -0.1) is 0 Å². The van der Waals surface area contributed by atoms with Crippen LogP contribution < -0.4 is 20.0 Å². The fourth-order valence-electron chi connectivity index (χ4n) is 9.08. The molecule has 5 aliphatic rings. The Hall–Kier alpha value is -5.09. The van der Waals surface area contributed by atoms with Crippen LogP contribution in [0.5, 0.6) is 0 Å². The minimum atomic E-state index is -4.56. The number of nitrogens with one attached hydrogen (secondary N) is 1. The highest BCUT2D eigenvalue weighted by atomic mass is 19.4. The van der Waals surface area contributed by atoms with Crippen molar-refractivity contribution in [3.63, 3.8) is 0 Å². The third-order valence-corrected chi connectivity index (χ3v) is 12.2. The van der Waals surface area contributed by atoms with Crippen LogP contribution >= 0.6 is 0 Å². The minimum absolute atomic E-state index is 0.147. The highest BCUT2D eigenvalue weighted by Crippen LogP contribution is 2.37. The molecule has 4 saturated heterocycles. The van der Waals surface area contributed by atoms with Crippen molar-refractivity contribution in [2.24, 2.45) is 0 Å². The number of carbonyl (C=O) groups is 3. The molecule has 1 unspecified atom stereocenters. The van der Waals surface area contributed by atoms with E-state index in [4.69, 9.17) is 5.26 Å². The SMILES string of the molecule is N#Cc1ccc(N2CCC(c3ccc(N4CCC(N5CCN(c6ccc7c(c6)CN(C6CCC(=O)NC6=O)C7=O)CC5)CC4)cc3)CC2)cc1C(F)(F)F. The van der Waals surface area contributed by atoms with E-state index in [-0.39, 0.29) is 23.8 Å². The van der Waals surface area contributed by atoms with Gasteiger partial charge in [-0.3, -0.25) is 24.6 Å². The van der Waals surface area contributed by atoms with E-state index in [0.29, 0.717) is 49.3 Å². The molecule has 8 rings (SSSR count). The summed E-state index contributed by atoms with van der Waals surface area (Å²) in [6.45, 7) is 7.47. The average molecular weight is 740 g/mol. The van der Waals surface area contributed by atoms with Crippen LogP contribution in [0.15, 0.2) is 60.7 Å². The van der Waals surface area contributed by atoms with Gasteiger partial charge in [0.2, 0.25) is 11.8 Å². The Balaban J connectivity index is 0.796. The van der Waals surface area contributed by atoms with Crippen molar-refractivity contribution in [3.05, 3.63) is 88.5 Å². The highest BCUT2D eigenvalue weighted by molar-refractivity contribution is 6.05. The lowest BCUT2D eigenvalue weighted by molar-refractivity contribution is -0.138. The standard InChI is InChI=1S/C41H44F3N7O3/c42-41(43,44)36-24-34(6-3-29(36)25-45)48-15-11-28(12-16-48)27-1-4-31(5-2-27)47-17-13-32(14-18-47)49-19-21-50(22-20-49)33-7-8-35-30(23-33)26-51(40(35)54)37-9-10-38(52)46-39(37)53/h1-8,23-24,28,32,37H,9-22,26H2,(H,46,52,53). The molecule has 5 heterocycles. The van der Waals surface area contributed by atoms with Gasteiger partial charge in [-0.1, -0.05) is 12.1 Å². The summed E-state index contributed by atoms with van der Waals surface area (Å²) >= 11 is 0. The van der Waals surface area contributed by atoms with Gasteiger partial charge in [-0.25, -0.2) is 0 Å². The first-order valence-electron chi connectivity index (χ1n) is 19.0. The second-order valence-electron chi connectivity index (χ2n) is 15.2. The van der Waals surface area contributed by atoms with Crippen LogP contribution in [-0.2, 0) is 22.3 Å². The van der Waals surface area contributed by atoms with Gasteiger partial charge in [-0.05, 0) is 97.7 Å². The Labute approximate surface area is 313 Å². The number of piperidine rings is 3. The first-order chi connectivity index (χ1) is 26.1. The van der Waals surface area contributed by atoms with E-state index in [1.807, 2.05) is 17.0 Å². The Bertz CT molecular complexity index is 1960. The quantitative estimate of drug-likeness (QED) is 0.331. The van der Waals surface area contributed by atoms with E-state index in [9.17, 15) is 27.6 Å². The molecule has 0 spiro atoms. The predicted molar refractivity (Wildman–Crippen MR) is 198 cm³/mol. The number of fused-ring (bicyclic) bond motifs is 1. The van der Waals surface area contributed by atoms with Crippen molar-refractivity contribution in [2.45, 2.75) is 69.2 Å². The summed E-state index contributed by atoms with van der Waals surface area (Å²) in [7, 11) is 0. The lowest BCUT2D eigenvalue weighted by Crippen LogP contribution is -2.53. The van der Waals surface area contributed by atoms with E-state index in [0.717, 1.165) is 82.3 Å². The zero-order chi connectivity index (χ0) is 37.6. The van der Waals surface area contributed by atoms with Crippen molar-refractivity contribution in [3.8, 4) is 6.07 Å². The number of carbonyl (C=O) groups excluding carboxylic acids is 3. The van der Waals surface area contributed by atoms with Gasteiger partial charge in [0.1, 0.15) is 6.04 Å². The highest BCUT2D eigenvalue weighted by Gasteiger charge is 2.40. The van der Waals surface area contributed by atoms with Crippen LogP contribution in [0.1, 0.15) is 77.1 Å². The Morgan fingerprint density at radius 1 is 0.704 bits per heavy atom. The molecule has 282 valence electrons. The molecule has 0 saturated carbocycles. The molecule has 0 aromatic heterocycles. The van der Waals surface area contributed by atoms with Gasteiger partial charge < -0.3 is 19.6 Å². The molecule has 3 aromatic rings. The van der Waals surface area contributed by atoms with Crippen molar-refractivity contribution < 1.29 is 27.6 Å². The van der Waals surface area contributed by atoms with Crippen LogP contribution in [0.25, 0.3) is 0 Å². The Kier molecular flexibility index (Phi) is 9.73. The monoisotopic (exact) mass is 739 g/mol. The number of imide groups is 1. The first kappa shape index (κ1) is 35.9. The Morgan fingerprint density at radius 3 is 1.98 bits per heavy atom. The number of piperazine rings is 1. The molecule has 1 atom stereocenters. The zero-order valence-corrected chi connectivity index (χ0v) is 30.2. The number of halogens is 3. The van der Waals surface area contributed by atoms with E-state index in [2.05, 4.69) is 50.3 Å². The van der Waals surface area contributed by atoms with E-state index in [1.165, 1.54) is 17.3 Å². The van der Waals surface area contributed by atoms with Crippen LogP contribution in [0.4, 0.5) is 30.2 Å². The number of nitrogens with zero attached hydrogens (tertiary/aromatic N) is 6. The van der Waals surface area contributed by atoms with Crippen LogP contribution in [0.3, 0.4) is 0 Å². The molecule has 3 aromatic carbocycles. The molecular weight excluding hydrogens is 695 g/mol. The van der Waals surface area contributed by atoms with E-state index >= 15 is 0 Å². The number of alkyl halides is 3. The maximum atomic E-state index is 13.5. The first-order valence-corrected chi connectivity index (χ1v) is 19.0. The van der Waals surface area contributed by atoms with Crippen LogP contribution in [0.2, 0.25) is 0 Å². The largest absolute Gasteiger partial charge is 0.417 e. The molecule has 5 aliphatic heterocycles. The minimum Gasteiger partial charge on any atom is -0.371 e. The molecule has 0 aliphatic carbocycles. The summed E-state index contributed by atoms with van der Waals surface area (Å²) in [5, 5.41) is 11.5. The van der Waals surface area contributed by atoms with Crippen LogP contribution in [0, 0.1) is 11.3 Å². The smallest absolute Gasteiger partial charge is 0.371 e. The van der Waals surface area contributed by atoms with Gasteiger partial charge in [0.25, 0.3) is 5.91 Å². The number of hydrogen-bond acceptors (Lipinski definition) is 8. The number of amides is 3. The van der Waals surface area contributed by atoms with Gasteiger partial charge in [0.05, 0.1) is 17.2 Å². The molecule has 0 radical (unpaired) electrons. The predicted octanol–water partition coefficient (Wildman–Crippen LogP) is 5.51. The van der Waals surface area contributed by atoms with Crippen molar-refractivity contribution in [2.75, 3.05) is 67.1 Å². The summed E-state index contributed by atoms with van der Waals surface area (Å²) in [5.74, 6) is -0.470. The molecular formula is C41H44F3N7O3. The molecule has 13 heteroatoms. The normalized spacial score (nSPS) is 22.0. The van der Waals surface area contributed by atoms with E-state index in [1.54, 1.807) is 17.0 Å². The summed E-state index contributed by atoms with van der Waals surface area (Å²) in [5.41, 5.74) is 4.45. The summed E-state index contributed by atoms with van der Waals surface area (Å²) in [6, 6.07) is 20.4. The fraction of sp³-hybridized carbons (Fsp3) is 0.463. The molecule has 0 bridgehead atoms.